The van der Waals surface area contributed by atoms with Crippen LogP contribution in [0.4, 0.5) is 0 Å². The lowest BCUT2D eigenvalue weighted by Crippen LogP contribution is -2.26. The van der Waals surface area contributed by atoms with Crippen molar-refractivity contribution in [3.63, 3.8) is 0 Å². The summed E-state index contributed by atoms with van der Waals surface area (Å²) < 4.78 is 29.9. The van der Waals surface area contributed by atoms with E-state index in [9.17, 15) is 8.42 Å². The molecule has 2 aromatic rings. The molecular formula is C11H14N2O3S. The summed E-state index contributed by atoms with van der Waals surface area (Å²) in [4.78, 5) is 4.31. The summed E-state index contributed by atoms with van der Waals surface area (Å²) in [5, 5.41) is 0. The molecule has 6 heteroatoms. The first kappa shape index (κ1) is 12.1. The van der Waals surface area contributed by atoms with Gasteiger partial charge in [0.25, 0.3) is 0 Å². The van der Waals surface area contributed by atoms with Gasteiger partial charge in [0.05, 0.1) is 6.26 Å². The van der Waals surface area contributed by atoms with Crippen molar-refractivity contribution in [2.24, 2.45) is 0 Å². The zero-order chi connectivity index (χ0) is 12.5. The van der Waals surface area contributed by atoms with Crippen LogP contribution in [0.25, 0.3) is 11.1 Å². The lowest BCUT2D eigenvalue weighted by molar-refractivity contribution is 0.480. The van der Waals surface area contributed by atoms with Gasteiger partial charge in [-0.05, 0) is 12.1 Å². The number of para-hydroxylation sites is 2. The molecule has 1 atom stereocenters. The van der Waals surface area contributed by atoms with Crippen molar-refractivity contribution in [2.45, 2.75) is 12.8 Å². The average molecular weight is 254 g/mol. The number of sulfonamides is 1. The third kappa shape index (κ3) is 3.04. The van der Waals surface area contributed by atoms with Crippen molar-refractivity contribution in [1.82, 2.24) is 9.71 Å². The molecule has 17 heavy (non-hydrogen) atoms. The fraction of sp³-hybridized carbons (Fsp3) is 0.364. The molecule has 0 bridgehead atoms. The number of oxazole rings is 1. The quantitative estimate of drug-likeness (QED) is 0.897. The number of nitrogens with zero attached hydrogens (tertiary/aromatic N) is 1. The molecule has 0 saturated heterocycles. The second-order valence-corrected chi connectivity index (χ2v) is 5.87. The Morgan fingerprint density at radius 2 is 2.12 bits per heavy atom. The molecule has 1 N–H and O–H groups in total. The molecule has 0 aliphatic heterocycles. The highest BCUT2D eigenvalue weighted by molar-refractivity contribution is 7.88. The van der Waals surface area contributed by atoms with Crippen LogP contribution in [-0.4, -0.2) is 26.2 Å². The van der Waals surface area contributed by atoms with E-state index in [1.807, 2.05) is 31.2 Å². The monoisotopic (exact) mass is 254 g/mol. The summed E-state index contributed by atoms with van der Waals surface area (Å²) in [5.74, 6) is 0.444. The van der Waals surface area contributed by atoms with Crippen molar-refractivity contribution >= 4 is 21.1 Å². The van der Waals surface area contributed by atoms with Crippen LogP contribution in [0.5, 0.6) is 0 Å². The summed E-state index contributed by atoms with van der Waals surface area (Å²) in [6.45, 7) is 2.15. The summed E-state index contributed by atoms with van der Waals surface area (Å²) >= 11 is 0. The highest BCUT2D eigenvalue weighted by Crippen LogP contribution is 2.20. The minimum Gasteiger partial charge on any atom is -0.440 e. The molecular weight excluding hydrogens is 240 g/mol. The van der Waals surface area contributed by atoms with Crippen molar-refractivity contribution in [3.05, 3.63) is 30.2 Å². The minimum absolute atomic E-state index is 0.0999. The fourth-order valence-electron chi connectivity index (χ4n) is 1.46. The molecule has 0 fully saturated rings. The Labute approximate surface area is 99.9 Å². The Kier molecular flexibility index (Phi) is 3.17. The summed E-state index contributed by atoms with van der Waals surface area (Å²) in [6.07, 6.45) is 1.13. The topological polar surface area (TPSA) is 72.2 Å². The molecule has 92 valence electrons. The first-order valence-corrected chi connectivity index (χ1v) is 7.15. The van der Waals surface area contributed by atoms with Gasteiger partial charge in [0.15, 0.2) is 11.5 Å². The largest absolute Gasteiger partial charge is 0.440 e. The van der Waals surface area contributed by atoms with E-state index in [4.69, 9.17) is 4.42 Å². The van der Waals surface area contributed by atoms with Crippen molar-refractivity contribution in [3.8, 4) is 0 Å². The van der Waals surface area contributed by atoms with E-state index in [-0.39, 0.29) is 12.5 Å². The Balaban J connectivity index is 2.16. The van der Waals surface area contributed by atoms with Crippen LogP contribution in [-0.2, 0) is 10.0 Å². The van der Waals surface area contributed by atoms with Gasteiger partial charge in [-0.3, -0.25) is 0 Å². The van der Waals surface area contributed by atoms with Gasteiger partial charge in [-0.1, -0.05) is 19.1 Å². The third-order valence-electron chi connectivity index (χ3n) is 2.38. The number of hydrogen-bond acceptors (Lipinski definition) is 4. The van der Waals surface area contributed by atoms with Gasteiger partial charge in [0.1, 0.15) is 5.52 Å². The lowest BCUT2D eigenvalue weighted by atomic mass is 10.2. The summed E-state index contributed by atoms with van der Waals surface area (Å²) in [6, 6.07) is 7.45. The van der Waals surface area contributed by atoms with Crippen LogP contribution >= 0.6 is 0 Å². The van der Waals surface area contributed by atoms with Gasteiger partial charge in [-0.2, -0.15) is 0 Å². The number of aromatic nitrogens is 1. The van der Waals surface area contributed by atoms with Crippen LogP contribution in [0.15, 0.2) is 28.7 Å². The smallest absolute Gasteiger partial charge is 0.208 e. The molecule has 1 heterocycles. The Morgan fingerprint density at radius 1 is 1.41 bits per heavy atom. The molecule has 5 nitrogen and oxygen atoms in total. The standard InChI is InChI=1S/C11H14N2O3S/c1-8(7-12-17(2,14)15)11-13-9-5-3-4-6-10(9)16-11/h3-6,8,12H,7H2,1-2H3/t8-/m1/s1. The van der Waals surface area contributed by atoms with E-state index < -0.39 is 10.0 Å². The maximum absolute atomic E-state index is 11.0. The summed E-state index contributed by atoms with van der Waals surface area (Å²) in [7, 11) is -3.18. The second-order valence-electron chi connectivity index (χ2n) is 4.04. The van der Waals surface area contributed by atoms with Crippen LogP contribution in [0.1, 0.15) is 18.7 Å². The van der Waals surface area contributed by atoms with E-state index in [1.54, 1.807) is 0 Å². The summed E-state index contributed by atoms with van der Waals surface area (Å²) in [5.41, 5.74) is 1.50. The van der Waals surface area contributed by atoms with Gasteiger partial charge in [0.2, 0.25) is 10.0 Å². The minimum atomic E-state index is -3.18. The second kappa shape index (κ2) is 4.46. The molecule has 0 unspecified atom stereocenters. The highest BCUT2D eigenvalue weighted by atomic mass is 32.2. The maximum atomic E-state index is 11.0. The maximum Gasteiger partial charge on any atom is 0.208 e. The van der Waals surface area contributed by atoms with E-state index >= 15 is 0 Å². The van der Waals surface area contributed by atoms with Crippen LogP contribution < -0.4 is 4.72 Å². The van der Waals surface area contributed by atoms with Gasteiger partial charge >= 0.3 is 0 Å². The first-order valence-electron chi connectivity index (χ1n) is 5.26. The predicted molar refractivity (Wildman–Crippen MR) is 65.3 cm³/mol. The fourth-order valence-corrected chi connectivity index (χ4v) is 2.02. The molecule has 0 spiro atoms. The zero-order valence-corrected chi connectivity index (χ0v) is 10.5. The lowest BCUT2D eigenvalue weighted by Gasteiger charge is -2.06. The van der Waals surface area contributed by atoms with Crippen molar-refractivity contribution in [1.29, 1.82) is 0 Å². The molecule has 0 aliphatic carbocycles. The molecule has 0 aliphatic rings. The van der Waals surface area contributed by atoms with E-state index in [0.717, 1.165) is 11.8 Å². The van der Waals surface area contributed by atoms with E-state index in [2.05, 4.69) is 9.71 Å². The molecule has 0 saturated carbocycles. The van der Waals surface area contributed by atoms with Crippen LogP contribution in [0, 0.1) is 0 Å². The van der Waals surface area contributed by atoms with E-state index in [0.29, 0.717) is 11.5 Å². The van der Waals surface area contributed by atoms with Gasteiger partial charge < -0.3 is 4.42 Å². The molecule has 2 rings (SSSR count). The van der Waals surface area contributed by atoms with Crippen molar-refractivity contribution in [2.75, 3.05) is 12.8 Å². The number of hydrogen-bond donors (Lipinski definition) is 1. The third-order valence-corrected chi connectivity index (χ3v) is 3.07. The van der Waals surface area contributed by atoms with Gasteiger partial charge in [-0.15, -0.1) is 0 Å². The Morgan fingerprint density at radius 3 is 2.76 bits per heavy atom. The molecule has 1 aromatic carbocycles. The number of benzene rings is 1. The molecule has 0 amide bonds. The molecule has 1 aromatic heterocycles. The highest BCUT2D eigenvalue weighted by Gasteiger charge is 2.14. The number of nitrogens with one attached hydrogen (secondary N) is 1. The van der Waals surface area contributed by atoms with Crippen molar-refractivity contribution < 1.29 is 12.8 Å². The van der Waals surface area contributed by atoms with E-state index in [1.165, 1.54) is 0 Å². The molecule has 0 radical (unpaired) electrons. The van der Waals surface area contributed by atoms with Crippen LogP contribution in [0.3, 0.4) is 0 Å². The number of rotatable bonds is 4. The SMILES string of the molecule is C[C@H](CNS(C)(=O)=O)c1nc2ccccc2o1. The zero-order valence-electron chi connectivity index (χ0n) is 9.67. The average Bonchev–Trinajstić information content (AvgIpc) is 2.68. The Hall–Kier alpha value is -1.40. The van der Waals surface area contributed by atoms with Crippen LogP contribution in [0.2, 0.25) is 0 Å². The van der Waals surface area contributed by atoms with Gasteiger partial charge in [0, 0.05) is 12.5 Å². The number of fused-ring (bicyclic) bond motifs is 1. The Bertz CT molecular complexity index is 585. The van der Waals surface area contributed by atoms with Gasteiger partial charge in [-0.25, -0.2) is 18.1 Å². The normalized spacial score (nSPS) is 14.0. The predicted octanol–water partition coefficient (Wildman–Crippen LogP) is 1.48. The first-order chi connectivity index (χ1) is 7.96.